The van der Waals surface area contributed by atoms with Crippen LogP contribution in [0.2, 0.25) is 0 Å². The molecule has 3 rings (SSSR count). The molecule has 0 aromatic carbocycles. The maximum atomic E-state index is 12.1. The van der Waals surface area contributed by atoms with E-state index in [0.717, 1.165) is 22.4 Å². The third-order valence-corrected chi connectivity index (χ3v) is 4.54. The first-order valence-electron chi connectivity index (χ1n) is 6.96. The van der Waals surface area contributed by atoms with Gasteiger partial charge in [-0.3, -0.25) is 4.79 Å². The normalized spacial score (nSPS) is 16.3. The van der Waals surface area contributed by atoms with Gasteiger partial charge < -0.3 is 9.73 Å². The number of amides is 1. The van der Waals surface area contributed by atoms with E-state index < -0.39 is 17.2 Å². The largest absolute Gasteiger partial charge is 0.437 e. The summed E-state index contributed by atoms with van der Waals surface area (Å²) in [5.74, 6) is -0.892. The Morgan fingerprint density at radius 2 is 2.32 bits per heavy atom. The maximum absolute atomic E-state index is 12.1. The molecule has 2 aromatic heterocycles. The van der Waals surface area contributed by atoms with Crippen LogP contribution in [0.1, 0.15) is 25.7 Å². The van der Waals surface area contributed by atoms with Crippen LogP contribution in [-0.4, -0.2) is 21.2 Å². The van der Waals surface area contributed by atoms with E-state index in [1.807, 2.05) is 11.4 Å². The number of nitriles is 1. The van der Waals surface area contributed by atoms with Gasteiger partial charge in [0.05, 0.1) is 10.9 Å². The zero-order valence-electron chi connectivity index (χ0n) is 11.7. The van der Waals surface area contributed by atoms with Gasteiger partial charge in [0.1, 0.15) is 12.1 Å². The summed E-state index contributed by atoms with van der Waals surface area (Å²) in [4.78, 5) is 24.6. The highest BCUT2D eigenvalue weighted by atomic mass is 32.1. The van der Waals surface area contributed by atoms with Crippen molar-refractivity contribution in [1.29, 1.82) is 5.26 Å². The number of hydrogen-bond donors (Lipinski definition) is 1. The van der Waals surface area contributed by atoms with Crippen LogP contribution in [0.5, 0.6) is 0 Å². The van der Waals surface area contributed by atoms with E-state index in [4.69, 9.17) is 4.42 Å². The number of hydrogen-bond acceptors (Lipinski definition) is 6. The molecule has 0 unspecified atom stereocenters. The van der Waals surface area contributed by atoms with E-state index in [1.54, 1.807) is 6.07 Å². The third kappa shape index (κ3) is 2.80. The Morgan fingerprint density at radius 1 is 1.55 bits per heavy atom. The lowest BCUT2D eigenvalue weighted by molar-refractivity contribution is -0.123. The number of thiophene rings is 1. The zero-order valence-corrected chi connectivity index (χ0v) is 12.6. The zero-order chi connectivity index (χ0) is 15.6. The Kier molecular flexibility index (Phi) is 3.81. The summed E-state index contributed by atoms with van der Waals surface area (Å²) in [6.07, 6.45) is 3.12. The van der Waals surface area contributed by atoms with Crippen LogP contribution >= 0.6 is 11.3 Å². The molecule has 1 fully saturated rings. The summed E-state index contributed by atoms with van der Waals surface area (Å²) in [6.45, 7) is -0.253. The Bertz CT molecular complexity index is 763. The van der Waals surface area contributed by atoms with E-state index in [9.17, 15) is 14.9 Å². The van der Waals surface area contributed by atoms with Gasteiger partial charge >= 0.3 is 5.76 Å². The van der Waals surface area contributed by atoms with Crippen LogP contribution in [0.15, 0.2) is 26.7 Å². The molecule has 22 heavy (non-hydrogen) atoms. The molecule has 7 nitrogen and oxygen atoms in total. The maximum Gasteiger partial charge on any atom is 0.437 e. The fourth-order valence-corrected chi connectivity index (χ4v) is 3.24. The van der Waals surface area contributed by atoms with Gasteiger partial charge in [-0.2, -0.15) is 9.94 Å². The van der Waals surface area contributed by atoms with Crippen molar-refractivity contribution >= 4 is 17.2 Å². The molecule has 1 N–H and O–H groups in total. The minimum atomic E-state index is -0.805. The minimum Gasteiger partial charge on any atom is -0.387 e. The molecular weight excluding hydrogens is 304 g/mol. The number of nitrogens with one attached hydrogen (secondary N) is 1. The SMILES string of the molecule is N#CC1(NC(=O)Cn2nc(-c3cccs3)oc2=O)CCCC1. The van der Waals surface area contributed by atoms with E-state index in [2.05, 4.69) is 16.5 Å². The van der Waals surface area contributed by atoms with Gasteiger partial charge in [-0.15, -0.1) is 16.4 Å². The lowest BCUT2D eigenvalue weighted by atomic mass is 10.00. The average Bonchev–Trinajstić information content (AvgIpc) is 3.21. The van der Waals surface area contributed by atoms with Crippen LogP contribution in [0.25, 0.3) is 10.8 Å². The second kappa shape index (κ2) is 5.77. The Labute approximate surface area is 130 Å². The van der Waals surface area contributed by atoms with Crippen molar-refractivity contribution in [3.05, 3.63) is 28.1 Å². The van der Waals surface area contributed by atoms with Crippen LogP contribution in [0.4, 0.5) is 0 Å². The summed E-state index contributed by atoms with van der Waals surface area (Å²) in [7, 11) is 0. The van der Waals surface area contributed by atoms with E-state index >= 15 is 0 Å². The molecule has 0 bridgehead atoms. The summed E-state index contributed by atoms with van der Waals surface area (Å²) in [6, 6.07) is 5.78. The smallest absolute Gasteiger partial charge is 0.387 e. The second-order valence-electron chi connectivity index (χ2n) is 5.26. The Hall–Kier alpha value is -2.40. The number of aromatic nitrogens is 2. The van der Waals surface area contributed by atoms with Crippen molar-refractivity contribution in [2.24, 2.45) is 0 Å². The van der Waals surface area contributed by atoms with Crippen LogP contribution in [0.3, 0.4) is 0 Å². The fourth-order valence-electron chi connectivity index (χ4n) is 2.59. The number of carbonyl (C=O) groups is 1. The lowest BCUT2D eigenvalue weighted by Crippen LogP contribution is -2.47. The molecule has 0 atom stereocenters. The molecule has 1 amide bonds. The highest BCUT2D eigenvalue weighted by molar-refractivity contribution is 7.13. The molecule has 0 aliphatic heterocycles. The van der Waals surface area contributed by atoms with Gasteiger partial charge in [-0.1, -0.05) is 6.07 Å². The molecule has 0 saturated heterocycles. The van der Waals surface area contributed by atoms with E-state index in [0.29, 0.717) is 12.8 Å². The second-order valence-corrected chi connectivity index (χ2v) is 6.20. The molecule has 114 valence electrons. The molecule has 1 aliphatic carbocycles. The van der Waals surface area contributed by atoms with E-state index in [1.165, 1.54) is 11.3 Å². The highest BCUT2D eigenvalue weighted by Gasteiger charge is 2.35. The highest BCUT2D eigenvalue weighted by Crippen LogP contribution is 2.28. The van der Waals surface area contributed by atoms with Crippen molar-refractivity contribution in [1.82, 2.24) is 15.1 Å². The summed E-state index contributed by atoms with van der Waals surface area (Å²) < 4.78 is 6.02. The molecule has 0 radical (unpaired) electrons. The first-order chi connectivity index (χ1) is 10.6. The van der Waals surface area contributed by atoms with Gasteiger partial charge in [-0.25, -0.2) is 4.79 Å². The van der Waals surface area contributed by atoms with Crippen LogP contribution in [-0.2, 0) is 11.3 Å². The summed E-state index contributed by atoms with van der Waals surface area (Å²) in [5, 5.41) is 17.8. The summed E-state index contributed by atoms with van der Waals surface area (Å²) in [5.41, 5.74) is -0.805. The van der Waals surface area contributed by atoms with Gasteiger partial charge in [0.25, 0.3) is 5.89 Å². The fraction of sp³-hybridized carbons (Fsp3) is 0.429. The number of nitrogens with zero attached hydrogens (tertiary/aromatic N) is 3. The Morgan fingerprint density at radius 3 is 2.95 bits per heavy atom. The lowest BCUT2D eigenvalue weighted by Gasteiger charge is -2.21. The van der Waals surface area contributed by atoms with Gasteiger partial charge in [-0.05, 0) is 37.1 Å². The number of rotatable bonds is 4. The minimum absolute atomic E-state index is 0.198. The molecular formula is C14H14N4O3S. The quantitative estimate of drug-likeness (QED) is 0.921. The van der Waals surface area contributed by atoms with Crippen molar-refractivity contribution in [3.63, 3.8) is 0 Å². The van der Waals surface area contributed by atoms with Gasteiger partial charge in [0.2, 0.25) is 5.91 Å². The van der Waals surface area contributed by atoms with Crippen LogP contribution < -0.4 is 11.1 Å². The van der Waals surface area contributed by atoms with E-state index in [-0.39, 0.29) is 12.4 Å². The summed E-state index contributed by atoms with van der Waals surface area (Å²) >= 11 is 1.39. The van der Waals surface area contributed by atoms with Gasteiger partial charge in [0, 0.05) is 0 Å². The molecule has 1 aliphatic rings. The topological polar surface area (TPSA) is 101 Å². The number of carbonyl (C=O) groups excluding carboxylic acids is 1. The first kappa shape index (κ1) is 14.5. The molecule has 2 aromatic rings. The Balaban J connectivity index is 1.72. The predicted octanol–water partition coefficient (Wildman–Crippen LogP) is 1.52. The van der Waals surface area contributed by atoms with Crippen molar-refractivity contribution in [2.45, 2.75) is 37.8 Å². The molecule has 2 heterocycles. The monoisotopic (exact) mass is 318 g/mol. The van der Waals surface area contributed by atoms with Crippen molar-refractivity contribution in [3.8, 4) is 16.8 Å². The van der Waals surface area contributed by atoms with Crippen molar-refractivity contribution in [2.75, 3.05) is 0 Å². The third-order valence-electron chi connectivity index (χ3n) is 3.68. The van der Waals surface area contributed by atoms with Crippen LogP contribution in [0, 0.1) is 11.3 Å². The molecule has 8 heteroatoms. The predicted molar refractivity (Wildman–Crippen MR) is 79.0 cm³/mol. The molecule has 1 saturated carbocycles. The van der Waals surface area contributed by atoms with Crippen molar-refractivity contribution < 1.29 is 9.21 Å². The molecule has 0 spiro atoms. The first-order valence-corrected chi connectivity index (χ1v) is 7.84. The standard InChI is InChI=1S/C14H14N4O3S/c15-9-14(5-1-2-6-14)16-11(19)8-18-13(20)21-12(17-18)10-4-3-7-22-10/h3-4,7H,1-2,5-6,8H2,(H,16,19). The van der Waals surface area contributed by atoms with Gasteiger partial charge in [0.15, 0.2) is 0 Å². The average molecular weight is 318 g/mol.